The lowest BCUT2D eigenvalue weighted by Gasteiger charge is -2.03. The summed E-state index contributed by atoms with van der Waals surface area (Å²) < 4.78 is 22.6. The molecule has 1 aromatic heterocycles. The number of hydrogen-bond acceptors (Lipinski definition) is 4. The minimum absolute atomic E-state index is 0.188. The maximum Gasteiger partial charge on any atom is 0.247 e. The number of thiophene rings is 1. The highest BCUT2D eigenvalue weighted by molar-refractivity contribution is 7.91. The van der Waals surface area contributed by atoms with Gasteiger partial charge in [-0.2, -0.15) is 0 Å². The van der Waals surface area contributed by atoms with Crippen molar-refractivity contribution in [3.8, 4) is 10.4 Å². The Morgan fingerprint density at radius 1 is 1.17 bits per heavy atom. The summed E-state index contributed by atoms with van der Waals surface area (Å²) >= 11 is 1.18. The van der Waals surface area contributed by atoms with Crippen LogP contribution in [-0.4, -0.2) is 15.0 Å². The van der Waals surface area contributed by atoms with Gasteiger partial charge in [0.15, 0.2) is 0 Å². The average molecular weight is 282 g/mol. The maximum atomic E-state index is 11.2. The van der Waals surface area contributed by atoms with Crippen molar-refractivity contribution in [1.82, 2.24) is 0 Å². The Morgan fingerprint density at radius 2 is 1.83 bits per heavy atom. The quantitative estimate of drug-likeness (QED) is 0.905. The highest BCUT2D eigenvalue weighted by atomic mass is 32.2. The van der Waals surface area contributed by atoms with Crippen molar-refractivity contribution >= 4 is 27.0 Å². The molecular formula is C12H14N2O2S2. The van der Waals surface area contributed by atoms with Crippen LogP contribution >= 0.6 is 11.3 Å². The number of nitrogens with one attached hydrogen (secondary N) is 1. The molecule has 0 fully saturated rings. The van der Waals surface area contributed by atoms with Crippen LogP contribution in [-0.2, 0) is 10.0 Å². The molecule has 0 saturated heterocycles. The minimum Gasteiger partial charge on any atom is -0.385 e. The molecule has 18 heavy (non-hydrogen) atoms. The molecule has 1 heterocycles. The monoisotopic (exact) mass is 282 g/mol. The third-order valence-electron chi connectivity index (χ3n) is 2.41. The molecule has 6 heteroatoms. The minimum atomic E-state index is -3.60. The van der Waals surface area contributed by atoms with Crippen LogP contribution in [0.3, 0.4) is 0 Å². The van der Waals surface area contributed by atoms with Crippen LogP contribution < -0.4 is 10.5 Å². The van der Waals surface area contributed by atoms with E-state index in [4.69, 9.17) is 5.14 Å². The highest BCUT2D eigenvalue weighted by Crippen LogP contribution is 2.30. The number of sulfonamides is 1. The molecule has 0 atom stereocenters. The van der Waals surface area contributed by atoms with Crippen LogP contribution in [0.15, 0.2) is 40.6 Å². The van der Waals surface area contributed by atoms with E-state index >= 15 is 0 Å². The van der Waals surface area contributed by atoms with Gasteiger partial charge in [0.2, 0.25) is 10.0 Å². The van der Waals surface area contributed by atoms with Crippen molar-refractivity contribution in [2.24, 2.45) is 5.14 Å². The van der Waals surface area contributed by atoms with Crippen molar-refractivity contribution in [2.45, 2.75) is 11.1 Å². The zero-order valence-electron chi connectivity index (χ0n) is 9.88. The van der Waals surface area contributed by atoms with E-state index in [1.165, 1.54) is 17.4 Å². The van der Waals surface area contributed by atoms with Crippen LogP contribution in [0, 0.1) is 0 Å². The van der Waals surface area contributed by atoms with Gasteiger partial charge >= 0.3 is 0 Å². The molecule has 0 radical (unpaired) electrons. The molecule has 2 aromatic rings. The van der Waals surface area contributed by atoms with Gasteiger partial charge in [0, 0.05) is 17.1 Å². The van der Waals surface area contributed by atoms with Crippen molar-refractivity contribution in [3.63, 3.8) is 0 Å². The number of primary sulfonamides is 1. The normalized spacial score (nSPS) is 11.4. The predicted octanol–water partition coefficient (Wildman–Crippen LogP) is 2.49. The molecule has 96 valence electrons. The molecular weight excluding hydrogens is 268 g/mol. The van der Waals surface area contributed by atoms with E-state index in [9.17, 15) is 8.42 Å². The zero-order chi connectivity index (χ0) is 13.2. The van der Waals surface area contributed by atoms with Crippen LogP contribution in [0.4, 0.5) is 5.69 Å². The lowest BCUT2D eigenvalue weighted by molar-refractivity contribution is 0.600. The summed E-state index contributed by atoms with van der Waals surface area (Å²) in [6, 6.07) is 11.2. The molecule has 0 aliphatic rings. The number of rotatable bonds is 4. The third-order valence-corrected chi connectivity index (χ3v) is 4.98. The number of hydrogen-bond donors (Lipinski definition) is 2. The Hall–Kier alpha value is -1.37. The van der Waals surface area contributed by atoms with Gasteiger partial charge < -0.3 is 5.32 Å². The Kier molecular flexibility index (Phi) is 3.70. The Morgan fingerprint density at radius 3 is 2.33 bits per heavy atom. The van der Waals surface area contributed by atoms with Gasteiger partial charge in [-0.3, -0.25) is 0 Å². The summed E-state index contributed by atoms with van der Waals surface area (Å²) in [4.78, 5) is 0.891. The molecule has 0 aliphatic heterocycles. The summed E-state index contributed by atoms with van der Waals surface area (Å²) in [7, 11) is -3.60. The molecule has 0 amide bonds. The maximum absolute atomic E-state index is 11.2. The molecule has 0 unspecified atom stereocenters. The van der Waals surface area contributed by atoms with E-state index in [0.717, 1.165) is 22.7 Å². The van der Waals surface area contributed by atoms with Crippen molar-refractivity contribution < 1.29 is 8.42 Å². The van der Waals surface area contributed by atoms with E-state index < -0.39 is 10.0 Å². The Balaban J connectivity index is 2.29. The van der Waals surface area contributed by atoms with E-state index in [2.05, 4.69) is 5.32 Å². The first-order valence-corrected chi connectivity index (χ1v) is 7.84. The van der Waals surface area contributed by atoms with E-state index in [1.807, 2.05) is 31.2 Å². The van der Waals surface area contributed by atoms with Crippen LogP contribution in [0.5, 0.6) is 0 Å². The van der Waals surface area contributed by atoms with Crippen LogP contribution in [0.25, 0.3) is 10.4 Å². The van der Waals surface area contributed by atoms with Crippen LogP contribution in [0.2, 0.25) is 0 Å². The second kappa shape index (κ2) is 5.09. The molecule has 0 bridgehead atoms. The van der Waals surface area contributed by atoms with Gasteiger partial charge in [0.05, 0.1) is 0 Å². The predicted molar refractivity (Wildman–Crippen MR) is 75.3 cm³/mol. The van der Waals surface area contributed by atoms with Gasteiger partial charge in [-0.15, -0.1) is 11.3 Å². The van der Waals surface area contributed by atoms with Crippen LogP contribution in [0.1, 0.15) is 6.92 Å². The standard InChI is InChI=1S/C12H14N2O2S2/c1-2-14-10-5-3-9(4-6-10)11-7-8-12(17-11)18(13,15)16/h3-8,14H,2H2,1H3,(H2,13,15,16). The van der Waals surface area contributed by atoms with E-state index in [-0.39, 0.29) is 4.21 Å². The lowest BCUT2D eigenvalue weighted by atomic mass is 10.2. The van der Waals surface area contributed by atoms with Crippen molar-refractivity contribution in [2.75, 3.05) is 11.9 Å². The third kappa shape index (κ3) is 2.90. The second-order valence-electron chi connectivity index (χ2n) is 3.77. The van der Waals surface area contributed by atoms with E-state index in [0.29, 0.717) is 0 Å². The van der Waals surface area contributed by atoms with Gasteiger partial charge in [-0.05, 0) is 36.8 Å². The molecule has 2 rings (SSSR count). The number of benzene rings is 1. The molecule has 1 aromatic carbocycles. The summed E-state index contributed by atoms with van der Waals surface area (Å²) in [5, 5.41) is 8.29. The first-order valence-electron chi connectivity index (χ1n) is 5.47. The number of anilines is 1. The SMILES string of the molecule is CCNc1ccc(-c2ccc(S(N)(=O)=O)s2)cc1. The van der Waals surface area contributed by atoms with Gasteiger partial charge in [-0.1, -0.05) is 12.1 Å². The molecule has 0 saturated carbocycles. The molecule has 4 nitrogen and oxygen atoms in total. The van der Waals surface area contributed by atoms with Crippen molar-refractivity contribution in [1.29, 1.82) is 0 Å². The number of nitrogens with two attached hydrogens (primary N) is 1. The van der Waals surface area contributed by atoms with Crippen molar-refractivity contribution in [3.05, 3.63) is 36.4 Å². The molecule has 3 N–H and O–H groups in total. The average Bonchev–Trinajstić information content (AvgIpc) is 2.79. The summed E-state index contributed by atoms with van der Waals surface area (Å²) in [6.45, 7) is 2.90. The summed E-state index contributed by atoms with van der Waals surface area (Å²) in [6.07, 6.45) is 0. The van der Waals surface area contributed by atoms with Gasteiger partial charge in [-0.25, -0.2) is 13.6 Å². The molecule has 0 spiro atoms. The fraction of sp³-hybridized carbons (Fsp3) is 0.167. The largest absolute Gasteiger partial charge is 0.385 e. The first-order chi connectivity index (χ1) is 8.50. The molecule has 0 aliphatic carbocycles. The van der Waals surface area contributed by atoms with E-state index in [1.54, 1.807) is 6.07 Å². The smallest absolute Gasteiger partial charge is 0.247 e. The second-order valence-corrected chi connectivity index (χ2v) is 6.64. The lowest BCUT2D eigenvalue weighted by Crippen LogP contribution is -2.09. The fourth-order valence-electron chi connectivity index (χ4n) is 1.58. The summed E-state index contributed by atoms with van der Waals surface area (Å²) in [5.41, 5.74) is 2.03. The topological polar surface area (TPSA) is 72.2 Å². The zero-order valence-corrected chi connectivity index (χ0v) is 11.5. The van der Waals surface area contributed by atoms with Gasteiger partial charge in [0.25, 0.3) is 0 Å². The summed E-state index contributed by atoms with van der Waals surface area (Å²) in [5.74, 6) is 0. The Labute approximate surface area is 111 Å². The Bertz CT molecular complexity index is 630. The van der Waals surface area contributed by atoms with Gasteiger partial charge in [0.1, 0.15) is 4.21 Å². The highest BCUT2D eigenvalue weighted by Gasteiger charge is 2.11. The fourth-order valence-corrected chi connectivity index (χ4v) is 3.32. The first kappa shape index (κ1) is 13.1.